The van der Waals surface area contributed by atoms with Gasteiger partial charge in [0.1, 0.15) is 11.5 Å². The van der Waals surface area contributed by atoms with Crippen molar-refractivity contribution in [2.24, 2.45) is 0 Å². The van der Waals surface area contributed by atoms with Crippen LogP contribution >= 0.6 is 0 Å². The number of para-hydroxylation sites is 4. The molecule has 0 aliphatic carbocycles. The molecule has 2 aliphatic rings. The molecule has 2 aliphatic heterocycles. The summed E-state index contributed by atoms with van der Waals surface area (Å²) in [5.41, 5.74) is 6.14. The summed E-state index contributed by atoms with van der Waals surface area (Å²) in [7, 11) is 3.33. The summed E-state index contributed by atoms with van der Waals surface area (Å²) < 4.78 is 23.9. The molecule has 4 aromatic rings. The van der Waals surface area contributed by atoms with Crippen molar-refractivity contribution in [2.75, 3.05) is 14.2 Å². The fourth-order valence-corrected chi connectivity index (χ4v) is 4.53. The van der Waals surface area contributed by atoms with E-state index < -0.39 is 0 Å². The Morgan fingerprint density at radius 3 is 1.31 bits per heavy atom. The topological polar surface area (TPSA) is 36.9 Å². The second-order valence-corrected chi connectivity index (χ2v) is 7.62. The van der Waals surface area contributed by atoms with Crippen LogP contribution in [0.2, 0.25) is 0 Å². The number of benzene rings is 4. The van der Waals surface area contributed by atoms with E-state index in [-0.39, 0.29) is 0 Å². The van der Waals surface area contributed by atoms with E-state index in [0.29, 0.717) is 23.0 Å². The molecular formula is C28H20O4. The van der Waals surface area contributed by atoms with E-state index in [1.807, 2.05) is 60.7 Å². The summed E-state index contributed by atoms with van der Waals surface area (Å²) >= 11 is 0. The van der Waals surface area contributed by atoms with Crippen LogP contribution < -0.4 is 18.9 Å². The molecule has 0 saturated heterocycles. The molecule has 0 radical (unpaired) electrons. The number of methoxy groups -OCH3 is 2. The predicted molar refractivity (Wildman–Crippen MR) is 124 cm³/mol. The van der Waals surface area contributed by atoms with Gasteiger partial charge in [-0.15, -0.1) is 0 Å². The van der Waals surface area contributed by atoms with Crippen molar-refractivity contribution in [3.8, 4) is 34.5 Å². The quantitative estimate of drug-likeness (QED) is 0.305. The Kier molecular flexibility index (Phi) is 4.18. The minimum atomic E-state index is 0.696. The molecule has 0 unspecified atom stereocenters. The van der Waals surface area contributed by atoms with Crippen molar-refractivity contribution in [3.63, 3.8) is 0 Å². The summed E-state index contributed by atoms with van der Waals surface area (Å²) in [5.74, 6) is 4.40. The third-order valence-electron chi connectivity index (χ3n) is 5.92. The van der Waals surface area contributed by atoms with Crippen LogP contribution in [0.3, 0.4) is 0 Å². The number of rotatable bonds is 2. The van der Waals surface area contributed by atoms with Crippen LogP contribution in [0.1, 0.15) is 22.3 Å². The van der Waals surface area contributed by atoms with E-state index in [1.54, 1.807) is 14.2 Å². The van der Waals surface area contributed by atoms with Crippen molar-refractivity contribution in [1.82, 2.24) is 0 Å². The lowest BCUT2D eigenvalue weighted by Crippen LogP contribution is -2.10. The monoisotopic (exact) mass is 420 g/mol. The Labute approximate surface area is 186 Å². The third kappa shape index (κ3) is 2.63. The van der Waals surface area contributed by atoms with Gasteiger partial charge < -0.3 is 18.9 Å². The minimum Gasteiger partial charge on any atom is -0.493 e. The molecule has 0 spiro atoms. The van der Waals surface area contributed by atoms with Gasteiger partial charge in [0, 0.05) is 33.4 Å². The summed E-state index contributed by atoms with van der Waals surface area (Å²) in [6, 6.07) is 28.2. The van der Waals surface area contributed by atoms with Gasteiger partial charge in [-0.2, -0.15) is 0 Å². The third-order valence-corrected chi connectivity index (χ3v) is 5.92. The fourth-order valence-electron chi connectivity index (χ4n) is 4.53. The van der Waals surface area contributed by atoms with Crippen LogP contribution in [-0.2, 0) is 0 Å². The number of fused-ring (bicyclic) bond motifs is 4. The summed E-state index contributed by atoms with van der Waals surface area (Å²) in [4.78, 5) is 0. The zero-order chi connectivity index (χ0) is 21.7. The molecule has 0 atom stereocenters. The molecule has 0 fully saturated rings. The number of ether oxygens (including phenoxy) is 4. The molecule has 0 saturated carbocycles. The first-order chi connectivity index (χ1) is 15.8. The highest BCUT2D eigenvalue weighted by atomic mass is 16.5. The Morgan fingerprint density at radius 2 is 0.875 bits per heavy atom. The molecule has 0 amide bonds. The lowest BCUT2D eigenvalue weighted by Gasteiger charge is -2.30. The van der Waals surface area contributed by atoms with E-state index in [0.717, 1.165) is 44.9 Å². The van der Waals surface area contributed by atoms with Crippen molar-refractivity contribution >= 4 is 11.1 Å². The first-order valence-corrected chi connectivity index (χ1v) is 10.4. The smallest absolute Gasteiger partial charge is 0.177 e. The van der Waals surface area contributed by atoms with Gasteiger partial charge in [0.15, 0.2) is 23.0 Å². The molecular weight excluding hydrogens is 400 g/mol. The van der Waals surface area contributed by atoms with Gasteiger partial charge in [-0.05, 0) is 24.3 Å². The second kappa shape index (κ2) is 7.20. The molecule has 4 heteroatoms. The zero-order valence-corrected chi connectivity index (χ0v) is 17.7. The van der Waals surface area contributed by atoms with Gasteiger partial charge in [-0.3, -0.25) is 0 Å². The van der Waals surface area contributed by atoms with Crippen LogP contribution in [0.15, 0.2) is 84.9 Å². The van der Waals surface area contributed by atoms with Crippen LogP contribution in [0.25, 0.3) is 11.1 Å². The maximum absolute atomic E-state index is 6.33. The van der Waals surface area contributed by atoms with Gasteiger partial charge in [0.25, 0.3) is 0 Å². The molecule has 4 aromatic carbocycles. The van der Waals surface area contributed by atoms with E-state index in [4.69, 9.17) is 18.9 Å². The van der Waals surface area contributed by atoms with Crippen LogP contribution in [0.5, 0.6) is 34.5 Å². The molecule has 0 bridgehead atoms. The maximum Gasteiger partial charge on any atom is 0.177 e. The zero-order valence-electron chi connectivity index (χ0n) is 17.7. The lowest BCUT2D eigenvalue weighted by atomic mass is 9.82. The van der Waals surface area contributed by atoms with Crippen molar-refractivity contribution in [1.29, 1.82) is 0 Å². The average Bonchev–Trinajstić information content (AvgIpc) is 2.85. The lowest BCUT2D eigenvalue weighted by molar-refractivity contribution is 0.375. The van der Waals surface area contributed by atoms with Crippen molar-refractivity contribution < 1.29 is 18.9 Å². The number of hydrogen-bond acceptors (Lipinski definition) is 4. The van der Waals surface area contributed by atoms with Gasteiger partial charge in [-0.1, -0.05) is 60.7 Å². The molecule has 0 aromatic heterocycles. The normalized spacial score (nSPS) is 15.3. The SMILES string of the molecule is COc1cccc2c1Oc1ccccc1C2=C1c2ccccc2Oc2c(OC)cccc21. The maximum atomic E-state index is 6.33. The molecule has 4 nitrogen and oxygen atoms in total. The highest BCUT2D eigenvalue weighted by Gasteiger charge is 2.33. The Morgan fingerprint density at radius 1 is 0.469 bits per heavy atom. The van der Waals surface area contributed by atoms with Crippen molar-refractivity contribution in [2.45, 2.75) is 0 Å². The largest absolute Gasteiger partial charge is 0.493 e. The van der Waals surface area contributed by atoms with Crippen LogP contribution in [0.4, 0.5) is 0 Å². The second-order valence-electron chi connectivity index (χ2n) is 7.62. The van der Waals surface area contributed by atoms with E-state index >= 15 is 0 Å². The summed E-state index contributed by atoms with van der Waals surface area (Å²) in [5, 5.41) is 0. The Balaban J connectivity index is 1.79. The van der Waals surface area contributed by atoms with Crippen molar-refractivity contribution in [3.05, 3.63) is 107 Å². The highest BCUT2D eigenvalue weighted by Crippen LogP contribution is 2.56. The van der Waals surface area contributed by atoms with Crippen LogP contribution in [-0.4, -0.2) is 14.2 Å². The van der Waals surface area contributed by atoms with Gasteiger partial charge in [-0.25, -0.2) is 0 Å². The van der Waals surface area contributed by atoms with E-state index in [1.165, 1.54) is 0 Å². The Hall–Kier alpha value is -4.18. The first kappa shape index (κ1) is 18.6. The average molecular weight is 420 g/mol. The van der Waals surface area contributed by atoms with Gasteiger partial charge >= 0.3 is 0 Å². The standard InChI is InChI=1S/C28H20O4/c1-29-23-15-7-11-19-25(17-9-3-5-13-21(17)31-27(19)23)26-18-10-4-6-14-22(18)32-28-20(26)12-8-16-24(28)30-2/h3-16H,1-2H3. The molecule has 0 N–H and O–H groups in total. The molecule has 6 rings (SSSR count). The van der Waals surface area contributed by atoms with E-state index in [9.17, 15) is 0 Å². The fraction of sp³-hybridized carbons (Fsp3) is 0.0714. The Bertz CT molecular complexity index is 1290. The van der Waals surface area contributed by atoms with Gasteiger partial charge in [0.05, 0.1) is 14.2 Å². The van der Waals surface area contributed by atoms with E-state index in [2.05, 4.69) is 24.3 Å². The summed E-state index contributed by atoms with van der Waals surface area (Å²) in [6.07, 6.45) is 0. The molecule has 32 heavy (non-hydrogen) atoms. The summed E-state index contributed by atoms with van der Waals surface area (Å²) in [6.45, 7) is 0. The number of hydrogen-bond donors (Lipinski definition) is 0. The molecule has 156 valence electrons. The first-order valence-electron chi connectivity index (χ1n) is 10.4. The minimum absolute atomic E-state index is 0.696. The highest BCUT2D eigenvalue weighted by molar-refractivity contribution is 6.10. The van der Waals surface area contributed by atoms with Gasteiger partial charge in [0.2, 0.25) is 0 Å². The predicted octanol–water partition coefficient (Wildman–Crippen LogP) is 6.92. The van der Waals surface area contributed by atoms with Crippen LogP contribution in [0, 0.1) is 0 Å². The molecule has 2 heterocycles.